The van der Waals surface area contributed by atoms with Crippen molar-refractivity contribution < 1.29 is 0 Å². The zero-order chi connectivity index (χ0) is 11.8. The van der Waals surface area contributed by atoms with Gasteiger partial charge in [0.1, 0.15) is 0 Å². The van der Waals surface area contributed by atoms with Gasteiger partial charge in [-0.2, -0.15) is 0 Å². The van der Waals surface area contributed by atoms with Crippen molar-refractivity contribution in [2.24, 2.45) is 0 Å². The van der Waals surface area contributed by atoms with Crippen LogP contribution >= 0.6 is 23.2 Å². The molecule has 0 spiro atoms. The summed E-state index contributed by atoms with van der Waals surface area (Å²) < 4.78 is 0. The normalized spacial score (nSPS) is 20.2. The molecule has 1 heterocycles. The number of hydrogen-bond donors (Lipinski definition) is 0. The standard InChI is InChI=1S/C13H17Cl2N/c1-13(2)4-3-5-16(13)9-10-6-11(14)8-12(15)7-10/h6-8H,3-5,9H2,1-2H3. The van der Waals surface area contributed by atoms with Crippen LogP contribution in [0.3, 0.4) is 0 Å². The minimum absolute atomic E-state index is 0.300. The zero-order valence-electron chi connectivity index (χ0n) is 9.76. The van der Waals surface area contributed by atoms with Gasteiger partial charge in [-0.05, 0) is 57.0 Å². The fourth-order valence-corrected chi connectivity index (χ4v) is 2.95. The first-order valence-electron chi connectivity index (χ1n) is 5.67. The molecule has 0 aromatic heterocycles. The van der Waals surface area contributed by atoms with Crippen LogP contribution < -0.4 is 0 Å². The summed E-state index contributed by atoms with van der Waals surface area (Å²) in [6.45, 7) is 6.70. The average Bonchev–Trinajstić information content (AvgIpc) is 2.44. The van der Waals surface area contributed by atoms with Gasteiger partial charge in [-0.1, -0.05) is 23.2 Å². The van der Waals surface area contributed by atoms with Crippen molar-refractivity contribution >= 4 is 23.2 Å². The third kappa shape index (κ3) is 2.71. The van der Waals surface area contributed by atoms with Crippen LogP contribution in [0, 0.1) is 0 Å². The largest absolute Gasteiger partial charge is 0.294 e. The topological polar surface area (TPSA) is 3.24 Å². The highest BCUT2D eigenvalue weighted by molar-refractivity contribution is 6.34. The molecule has 1 fully saturated rings. The fraction of sp³-hybridized carbons (Fsp3) is 0.538. The predicted octanol–water partition coefficient (Wildman–Crippen LogP) is 4.37. The molecule has 0 aliphatic carbocycles. The number of rotatable bonds is 2. The maximum atomic E-state index is 6.00. The van der Waals surface area contributed by atoms with E-state index in [2.05, 4.69) is 18.7 Å². The Balaban J connectivity index is 2.14. The van der Waals surface area contributed by atoms with E-state index >= 15 is 0 Å². The van der Waals surface area contributed by atoms with Gasteiger partial charge in [0, 0.05) is 22.1 Å². The van der Waals surface area contributed by atoms with Crippen LogP contribution in [0.2, 0.25) is 10.0 Å². The van der Waals surface area contributed by atoms with Crippen molar-refractivity contribution in [3.05, 3.63) is 33.8 Å². The second-order valence-corrected chi connectivity index (χ2v) is 5.99. The Labute approximate surface area is 107 Å². The van der Waals surface area contributed by atoms with Crippen molar-refractivity contribution in [2.75, 3.05) is 6.54 Å². The van der Waals surface area contributed by atoms with Crippen LogP contribution in [-0.4, -0.2) is 17.0 Å². The van der Waals surface area contributed by atoms with E-state index in [0.29, 0.717) is 5.54 Å². The van der Waals surface area contributed by atoms with Crippen LogP contribution in [0.1, 0.15) is 32.3 Å². The highest BCUT2D eigenvalue weighted by Gasteiger charge is 2.31. The van der Waals surface area contributed by atoms with Gasteiger partial charge in [0.15, 0.2) is 0 Å². The summed E-state index contributed by atoms with van der Waals surface area (Å²) >= 11 is 12.0. The van der Waals surface area contributed by atoms with Gasteiger partial charge in [0.25, 0.3) is 0 Å². The fourth-order valence-electron chi connectivity index (χ4n) is 2.38. The van der Waals surface area contributed by atoms with E-state index in [9.17, 15) is 0 Å². The zero-order valence-corrected chi connectivity index (χ0v) is 11.3. The molecule has 0 N–H and O–H groups in total. The molecular formula is C13H17Cl2N. The van der Waals surface area contributed by atoms with E-state index in [1.165, 1.54) is 18.4 Å². The SMILES string of the molecule is CC1(C)CCCN1Cc1cc(Cl)cc(Cl)c1. The molecule has 1 nitrogen and oxygen atoms in total. The summed E-state index contributed by atoms with van der Waals surface area (Å²) in [7, 11) is 0. The first-order valence-corrected chi connectivity index (χ1v) is 6.43. The van der Waals surface area contributed by atoms with Gasteiger partial charge in [-0.3, -0.25) is 4.90 Å². The van der Waals surface area contributed by atoms with Crippen LogP contribution in [0.15, 0.2) is 18.2 Å². The summed E-state index contributed by atoms with van der Waals surface area (Å²) in [5.41, 5.74) is 1.50. The second kappa shape index (κ2) is 4.56. The van der Waals surface area contributed by atoms with Gasteiger partial charge >= 0.3 is 0 Å². The lowest BCUT2D eigenvalue weighted by atomic mass is 10.0. The van der Waals surface area contributed by atoms with Crippen molar-refractivity contribution in [1.29, 1.82) is 0 Å². The van der Waals surface area contributed by atoms with Crippen LogP contribution in [0.25, 0.3) is 0 Å². The van der Waals surface area contributed by atoms with Gasteiger partial charge in [0.05, 0.1) is 0 Å². The van der Waals surface area contributed by atoms with E-state index in [1.54, 1.807) is 6.07 Å². The minimum atomic E-state index is 0.300. The van der Waals surface area contributed by atoms with Crippen molar-refractivity contribution in [3.63, 3.8) is 0 Å². The molecule has 0 amide bonds. The molecule has 0 bridgehead atoms. The number of likely N-dealkylation sites (tertiary alicyclic amines) is 1. The Hall–Kier alpha value is -0.240. The smallest absolute Gasteiger partial charge is 0.0424 e. The predicted molar refractivity (Wildman–Crippen MR) is 70.2 cm³/mol. The summed E-state index contributed by atoms with van der Waals surface area (Å²) in [6.07, 6.45) is 2.54. The van der Waals surface area contributed by atoms with Crippen molar-refractivity contribution in [1.82, 2.24) is 4.90 Å². The van der Waals surface area contributed by atoms with Gasteiger partial charge in [0.2, 0.25) is 0 Å². The molecular weight excluding hydrogens is 241 g/mol. The third-order valence-corrected chi connectivity index (χ3v) is 3.80. The number of benzene rings is 1. The highest BCUT2D eigenvalue weighted by Crippen LogP contribution is 2.30. The molecule has 0 radical (unpaired) electrons. The van der Waals surface area contributed by atoms with E-state index < -0.39 is 0 Å². The van der Waals surface area contributed by atoms with Crippen LogP contribution in [-0.2, 0) is 6.54 Å². The quantitative estimate of drug-likeness (QED) is 0.761. The lowest BCUT2D eigenvalue weighted by molar-refractivity contribution is 0.166. The first-order chi connectivity index (χ1) is 7.47. The maximum absolute atomic E-state index is 6.00. The third-order valence-electron chi connectivity index (χ3n) is 3.37. The molecule has 88 valence electrons. The average molecular weight is 258 g/mol. The lowest BCUT2D eigenvalue weighted by Crippen LogP contribution is -2.37. The molecule has 0 unspecified atom stereocenters. The van der Waals surface area contributed by atoms with Crippen LogP contribution in [0.5, 0.6) is 0 Å². The van der Waals surface area contributed by atoms with Gasteiger partial charge in [-0.15, -0.1) is 0 Å². The Morgan fingerprint density at radius 2 is 1.81 bits per heavy atom. The molecule has 1 aliphatic rings. The van der Waals surface area contributed by atoms with E-state index in [4.69, 9.17) is 23.2 Å². The molecule has 3 heteroatoms. The maximum Gasteiger partial charge on any atom is 0.0424 e. The number of hydrogen-bond acceptors (Lipinski definition) is 1. The molecule has 16 heavy (non-hydrogen) atoms. The van der Waals surface area contributed by atoms with Gasteiger partial charge in [-0.25, -0.2) is 0 Å². The highest BCUT2D eigenvalue weighted by atomic mass is 35.5. The summed E-state index contributed by atoms with van der Waals surface area (Å²) in [5, 5.41) is 1.44. The molecule has 2 rings (SSSR count). The van der Waals surface area contributed by atoms with E-state index in [1.807, 2.05) is 12.1 Å². The molecule has 1 aliphatic heterocycles. The minimum Gasteiger partial charge on any atom is -0.294 e. The van der Waals surface area contributed by atoms with Crippen LogP contribution in [0.4, 0.5) is 0 Å². The summed E-state index contributed by atoms with van der Waals surface area (Å²) in [5.74, 6) is 0. The van der Waals surface area contributed by atoms with E-state index in [-0.39, 0.29) is 0 Å². The molecule has 1 saturated heterocycles. The Morgan fingerprint density at radius 1 is 1.19 bits per heavy atom. The Bertz CT molecular complexity index is 367. The Kier molecular flexibility index (Phi) is 3.48. The summed E-state index contributed by atoms with van der Waals surface area (Å²) in [4.78, 5) is 2.50. The van der Waals surface area contributed by atoms with Gasteiger partial charge < -0.3 is 0 Å². The number of halogens is 2. The lowest BCUT2D eigenvalue weighted by Gasteiger charge is -2.31. The molecule has 1 aromatic rings. The molecule has 0 saturated carbocycles. The summed E-state index contributed by atoms with van der Waals surface area (Å²) in [6, 6.07) is 5.78. The second-order valence-electron chi connectivity index (χ2n) is 5.12. The molecule has 0 atom stereocenters. The number of nitrogens with zero attached hydrogens (tertiary/aromatic N) is 1. The van der Waals surface area contributed by atoms with Crippen molar-refractivity contribution in [3.8, 4) is 0 Å². The first kappa shape index (κ1) is 12.2. The van der Waals surface area contributed by atoms with Crippen molar-refractivity contribution in [2.45, 2.75) is 38.8 Å². The van der Waals surface area contributed by atoms with E-state index in [0.717, 1.165) is 23.1 Å². The monoisotopic (exact) mass is 257 g/mol. The molecule has 1 aromatic carbocycles. The Morgan fingerprint density at radius 3 is 2.31 bits per heavy atom.